The van der Waals surface area contributed by atoms with Gasteiger partial charge in [0.25, 0.3) is 5.91 Å². The van der Waals surface area contributed by atoms with E-state index in [-0.39, 0.29) is 18.3 Å². The summed E-state index contributed by atoms with van der Waals surface area (Å²) in [6, 6.07) is 5.73. The normalized spacial score (nSPS) is 18.5. The number of aliphatic hydroxyl groups is 1. The summed E-state index contributed by atoms with van der Waals surface area (Å²) in [5, 5.41) is 23.5. The molecule has 34 heavy (non-hydrogen) atoms. The summed E-state index contributed by atoms with van der Waals surface area (Å²) < 4.78 is 2.59. The minimum atomic E-state index is -0.0501. The molecule has 2 heterocycles. The molecule has 5 rings (SSSR count). The SMILES string of the molecule is CCN1C(=O)c2c(nc(NC3CCCC3)n2Cc2ccc(O)c(Br)c2)N(CCO)C1=C1CCC1. The van der Waals surface area contributed by atoms with Gasteiger partial charge in [0.15, 0.2) is 11.5 Å². The number of phenolic OH excluding ortho intramolecular Hbond substituents is 1. The van der Waals surface area contributed by atoms with Crippen molar-refractivity contribution in [3.8, 4) is 5.75 Å². The molecule has 1 aromatic carbocycles. The molecule has 0 spiro atoms. The van der Waals surface area contributed by atoms with Crippen LogP contribution in [0.15, 0.2) is 34.1 Å². The highest BCUT2D eigenvalue weighted by Crippen LogP contribution is 2.41. The lowest BCUT2D eigenvalue weighted by atomic mass is 9.91. The largest absolute Gasteiger partial charge is 0.507 e. The number of benzene rings is 1. The zero-order valence-electron chi connectivity index (χ0n) is 19.6. The number of anilines is 2. The van der Waals surface area contributed by atoms with Crippen LogP contribution in [-0.2, 0) is 6.54 Å². The predicted octanol–water partition coefficient (Wildman–Crippen LogP) is 4.42. The van der Waals surface area contributed by atoms with E-state index in [9.17, 15) is 15.0 Å². The third-order valence-corrected chi connectivity index (χ3v) is 7.75. The van der Waals surface area contributed by atoms with E-state index >= 15 is 0 Å². The minimum Gasteiger partial charge on any atom is -0.507 e. The number of phenols is 1. The third-order valence-electron chi connectivity index (χ3n) is 7.12. The molecule has 8 nitrogen and oxygen atoms in total. The molecule has 2 aliphatic carbocycles. The third kappa shape index (κ3) is 4.09. The number of halogens is 1. The molecule has 0 radical (unpaired) electrons. The van der Waals surface area contributed by atoms with Crippen molar-refractivity contribution in [2.75, 3.05) is 29.9 Å². The average molecular weight is 530 g/mol. The topological polar surface area (TPSA) is 93.9 Å². The van der Waals surface area contributed by atoms with Gasteiger partial charge >= 0.3 is 0 Å². The number of amides is 1. The number of nitrogens with zero attached hydrogens (tertiary/aromatic N) is 4. The second-order valence-corrected chi connectivity index (χ2v) is 10.2. The first kappa shape index (κ1) is 23.2. The number of β-amino-alcohol motifs (C(OH)–C–C–N with tert-alkyl or cyclic N) is 1. The Kier molecular flexibility index (Phi) is 6.57. The number of nitrogens with one attached hydrogen (secondary N) is 1. The van der Waals surface area contributed by atoms with Gasteiger partial charge < -0.3 is 20.4 Å². The lowest BCUT2D eigenvalue weighted by Crippen LogP contribution is -2.47. The molecule has 9 heteroatoms. The van der Waals surface area contributed by atoms with E-state index in [1.165, 1.54) is 18.4 Å². The molecule has 2 saturated carbocycles. The Balaban J connectivity index is 1.64. The van der Waals surface area contributed by atoms with Gasteiger partial charge in [-0.2, -0.15) is 4.98 Å². The maximum Gasteiger partial charge on any atom is 0.279 e. The van der Waals surface area contributed by atoms with Crippen LogP contribution < -0.4 is 10.2 Å². The Labute approximate surface area is 208 Å². The molecular formula is C25H32BrN5O3. The Morgan fingerprint density at radius 1 is 1.18 bits per heavy atom. The molecule has 1 amide bonds. The van der Waals surface area contributed by atoms with Crippen LogP contribution in [0, 0.1) is 0 Å². The van der Waals surface area contributed by atoms with E-state index in [1.807, 2.05) is 33.4 Å². The molecule has 3 aliphatic rings. The first-order valence-corrected chi connectivity index (χ1v) is 13.1. The van der Waals surface area contributed by atoms with Gasteiger partial charge in [0.05, 0.1) is 17.6 Å². The van der Waals surface area contributed by atoms with Crippen molar-refractivity contribution in [1.82, 2.24) is 14.5 Å². The first-order valence-electron chi connectivity index (χ1n) is 12.3. The van der Waals surface area contributed by atoms with Gasteiger partial charge in [-0.05, 0) is 78.2 Å². The molecule has 0 unspecified atom stereocenters. The highest BCUT2D eigenvalue weighted by Gasteiger charge is 2.40. The Morgan fingerprint density at radius 3 is 2.56 bits per heavy atom. The smallest absolute Gasteiger partial charge is 0.279 e. The van der Waals surface area contributed by atoms with Crippen molar-refractivity contribution in [3.05, 3.63) is 45.3 Å². The quantitative estimate of drug-likeness (QED) is 0.491. The van der Waals surface area contributed by atoms with Crippen LogP contribution in [0.3, 0.4) is 0 Å². The lowest BCUT2D eigenvalue weighted by molar-refractivity contribution is 0.0783. The second kappa shape index (κ2) is 9.62. The molecule has 0 saturated heterocycles. The number of allylic oxidation sites excluding steroid dienone is 1. The zero-order valence-corrected chi connectivity index (χ0v) is 21.1. The minimum absolute atomic E-state index is 0.0227. The highest BCUT2D eigenvalue weighted by molar-refractivity contribution is 9.10. The van der Waals surface area contributed by atoms with Crippen molar-refractivity contribution in [3.63, 3.8) is 0 Å². The van der Waals surface area contributed by atoms with Crippen molar-refractivity contribution >= 4 is 33.6 Å². The molecular weight excluding hydrogens is 498 g/mol. The van der Waals surface area contributed by atoms with E-state index in [0.29, 0.717) is 47.6 Å². The van der Waals surface area contributed by atoms with Crippen LogP contribution in [-0.4, -0.2) is 56.3 Å². The summed E-state index contributed by atoms with van der Waals surface area (Å²) in [6.45, 7) is 3.36. The number of fused-ring (bicyclic) bond motifs is 1. The number of aromatic nitrogens is 2. The Bertz CT molecular complexity index is 1120. The maximum absolute atomic E-state index is 13.9. The van der Waals surface area contributed by atoms with Crippen molar-refractivity contribution in [1.29, 1.82) is 0 Å². The molecule has 1 aromatic heterocycles. The summed E-state index contributed by atoms with van der Waals surface area (Å²) in [5.41, 5.74) is 2.76. The van der Waals surface area contributed by atoms with Crippen molar-refractivity contribution in [2.45, 2.75) is 64.5 Å². The van der Waals surface area contributed by atoms with Gasteiger partial charge in [0.1, 0.15) is 11.6 Å². The van der Waals surface area contributed by atoms with Gasteiger partial charge in [0.2, 0.25) is 5.95 Å². The number of aromatic hydroxyl groups is 1. The Hall–Kier alpha value is -2.52. The molecule has 182 valence electrons. The molecule has 3 N–H and O–H groups in total. The molecule has 2 fully saturated rings. The van der Waals surface area contributed by atoms with Gasteiger partial charge in [-0.3, -0.25) is 14.3 Å². The van der Waals surface area contributed by atoms with Gasteiger partial charge in [-0.15, -0.1) is 0 Å². The molecule has 0 atom stereocenters. The van der Waals surface area contributed by atoms with Crippen LogP contribution in [0.1, 0.15) is 67.9 Å². The summed E-state index contributed by atoms with van der Waals surface area (Å²) in [7, 11) is 0. The number of carbonyl (C=O) groups excluding carboxylic acids is 1. The number of imidazole rings is 1. The van der Waals surface area contributed by atoms with Crippen LogP contribution >= 0.6 is 15.9 Å². The van der Waals surface area contributed by atoms with E-state index in [4.69, 9.17) is 4.98 Å². The number of rotatable bonds is 7. The fourth-order valence-electron chi connectivity index (χ4n) is 5.22. The van der Waals surface area contributed by atoms with Crippen LogP contribution in [0.5, 0.6) is 5.75 Å². The van der Waals surface area contributed by atoms with Crippen LogP contribution in [0.2, 0.25) is 0 Å². The second-order valence-electron chi connectivity index (χ2n) is 9.31. The predicted molar refractivity (Wildman–Crippen MR) is 135 cm³/mol. The van der Waals surface area contributed by atoms with Gasteiger partial charge in [-0.25, -0.2) is 0 Å². The van der Waals surface area contributed by atoms with E-state index in [0.717, 1.165) is 43.5 Å². The average Bonchev–Trinajstić information content (AvgIpc) is 3.41. The number of aliphatic hydroxyl groups excluding tert-OH is 1. The number of hydrogen-bond donors (Lipinski definition) is 3. The van der Waals surface area contributed by atoms with E-state index in [1.54, 1.807) is 6.07 Å². The molecule has 2 aromatic rings. The summed E-state index contributed by atoms with van der Waals surface area (Å²) in [6.07, 6.45) is 7.65. The fourth-order valence-corrected chi connectivity index (χ4v) is 5.65. The summed E-state index contributed by atoms with van der Waals surface area (Å²) >= 11 is 3.41. The van der Waals surface area contributed by atoms with E-state index < -0.39 is 0 Å². The summed E-state index contributed by atoms with van der Waals surface area (Å²) in [5.74, 6) is 2.35. The molecule has 1 aliphatic heterocycles. The Morgan fingerprint density at radius 2 is 1.94 bits per heavy atom. The fraction of sp³-hybridized carbons (Fsp3) is 0.520. The lowest BCUT2D eigenvalue weighted by Gasteiger charge is -2.41. The number of carbonyl (C=O) groups is 1. The zero-order chi connectivity index (χ0) is 23.8. The van der Waals surface area contributed by atoms with Crippen LogP contribution in [0.25, 0.3) is 0 Å². The van der Waals surface area contributed by atoms with E-state index in [2.05, 4.69) is 21.2 Å². The van der Waals surface area contributed by atoms with Crippen molar-refractivity contribution in [2.24, 2.45) is 0 Å². The monoisotopic (exact) mass is 529 g/mol. The van der Waals surface area contributed by atoms with Gasteiger partial charge in [-0.1, -0.05) is 18.9 Å². The van der Waals surface area contributed by atoms with Crippen LogP contribution in [0.4, 0.5) is 11.8 Å². The number of hydrogen-bond acceptors (Lipinski definition) is 6. The van der Waals surface area contributed by atoms with Gasteiger partial charge in [0, 0.05) is 19.1 Å². The summed E-state index contributed by atoms with van der Waals surface area (Å²) in [4.78, 5) is 22.8. The maximum atomic E-state index is 13.9. The molecule has 0 bridgehead atoms. The standard InChI is InChI=1S/C25H32BrN5O3/c1-2-29-23(17-6-5-7-17)30(12-13-32)22-21(24(29)34)31(15-16-10-11-20(33)19(26)14-16)25(28-22)27-18-8-3-4-9-18/h10-11,14,18,32-33H,2-9,12-13,15H2,1H3,(H,27,28). The van der Waals surface area contributed by atoms with Crippen molar-refractivity contribution < 1.29 is 15.0 Å². The highest BCUT2D eigenvalue weighted by atomic mass is 79.9. The first-order chi connectivity index (χ1) is 16.5.